The fourth-order valence-electron chi connectivity index (χ4n) is 4.13. The Bertz CT molecular complexity index is 1240. The summed E-state index contributed by atoms with van der Waals surface area (Å²) in [5.41, 5.74) is 4.69. The van der Waals surface area contributed by atoms with Gasteiger partial charge >= 0.3 is 0 Å². The van der Waals surface area contributed by atoms with Gasteiger partial charge < -0.3 is 24.1 Å². The molecule has 0 atom stereocenters. The minimum Gasteiger partial charge on any atom is -0.491 e. The maximum Gasteiger partial charge on any atom is 0.137 e. The average molecular weight is 457 g/mol. The van der Waals surface area contributed by atoms with Crippen molar-refractivity contribution in [3.63, 3.8) is 0 Å². The second kappa shape index (κ2) is 9.27. The van der Waals surface area contributed by atoms with Crippen molar-refractivity contribution in [2.75, 3.05) is 19.8 Å². The lowest BCUT2D eigenvalue weighted by Gasteiger charge is -2.30. The molecule has 2 aliphatic rings. The second-order valence-electron chi connectivity index (χ2n) is 8.90. The zero-order chi connectivity index (χ0) is 23.5. The normalized spacial score (nSPS) is 15.3. The van der Waals surface area contributed by atoms with Crippen molar-refractivity contribution in [1.82, 2.24) is 0 Å². The van der Waals surface area contributed by atoms with E-state index in [2.05, 4.69) is 18.2 Å². The van der Waals surface area contributed by atoms with Crippen molar-refractivity contribution in [2.45, 2.75) is 26.1 Å². The van der Waals surface area contributed by atoms with E-state index in [1.54, 1.807) is 0 Å². The molecule has 5 heteroatoms. The summed E-state index contributed by atoms with van der Waals surface area (Å²) < 4.78 is 24.2. The van der Waals surface area contributed by atoms with Gasteiger partial charge in [-0.1, -0.05) is 30.3 Å². The molecular formula is C29H28O5. The smallest absolute Gasteiger partial charge is 0.137 e. The molecule has 0 saturated heterocycles. The van der Waals surface area contributed by atoms with Gasteiger partial charge in [0.2, 0.25) is 0 Å². The van der Waals surface area contributed by atoms with Crippen LogP contribution in [0.2, 0.25) is 0 Å². The number of rotatable bonds is 7. The van der Waals surface area contributed by atoms with E-state index in [1.807, 2.05) is 74.5 Å². The molecule has 174 valence electrons. The Morgan fingerprint density at radius 3 is 2.68 bits per heavy atom. The molecule has 0 aromatic heterocycles. The minimum atomic E-state index is -0.332. The summed E-state index contributed by atoms with van der Waals surface area (Å²) in [6, 6.07) is 19.8. The van der Waals surface area contributed by atoms with E-state index in [1.165, 1.54) is 0 Å². The van der Waals surface area contributed by atoms with E-state index in [4.69, 9.17) is 24.1 Å². The van der Waals surface area contributed by atoms with Gasteiger partial charge in [0.25, 0.3) is 0 Å². The van der Waals surface area contributed by atoms with E-state index in [-0.39, 0.29) is 18.8 Å². The Hall–Kier alpha value is -3.70. The lowest BCUT2D eigenvalue weighted by Crippen LogP contribution is -2.27. The number of ether oxygens (including phenoxy) is 4. The number of benzene rings is 3. The fourth-order valence-corrected chi connectivity index (χ4v) is 4.13. The molecule has 0 spiro atoms. The Labute approximate surface area is 199 Å². The Morgan fingerprint density at radius 1 is 1.00 bits per heavy atom. The number of fused-ring (bicyclic) bond motifs is 3. The molecule has 2 aliphatic heterocycles. The summed E-state index contributed by atoms with van der Waals surface area (Å²) in [5, 5.41) is 9.12. The van der Waals surface area contributed by atoms with Gasteiger partial charge in [0.1, 0.15) is 48.4 Å². The third-order valence-electron chi connectivity index (χ3n) is 5.81. The number of hydrogen-bond acceptors (Lipinski definition) is 5. The van der Waals surface area contributed by atoms with E-state index in [0.717, 1.165) is 39.3 Å². The first kappa shape index (κ1) is 22.1. The predicted octanol–water partition coefficient (Wildman–Crippen LogP) is 5.75. The quantitative estimate of drug-likeness (QED) is 0.490. The first-order valence-electron chi connectivity index (χ1n) is 11.5. The molecule has 34 heavy (non-hydrogen) atoms. The molecular weight excluding hydrogens is 428 g/mol. The fraction of sp³-hybridized carbons (Fsp3) is 0.241. The van der Waals surface area contributed by atoms with E-state index in [9.17, 15) is 0 Å². The highest BCUT2D eigenvalue weighted by Gasteiger charge is 2.27. The maximum atomic E-state index is 9.12. The standard InChI is InChI=1S/C29H28O5/c1-29(2)13-12-25-26(34-29)11-8-21-16-22(19-33-28(21)25)24-10-9-23(31-15-14-30)17-27(24)32-18-20-6-4-3-5-7-20/h3-13,16-17,30H,14-15,18-19H2,1-2H3. The number of aliphatic hydroxyl groups is 1. The minimum absolute atomic E-state index is 0.0442. The highest BCUT2D eigenvalue weighted by Crippen LogP contribution is 2.43. The third-order valence-corrected chi connectivity index (χ3v) is 5.81. The van der Waals surface area contributed by atoms with Crippen molar-refractivity contribution < 1.29 is 24.1 Å². The summed E-state index contributed by atoms with van der Waals surface area (Å²) in [6.07, 6.45) is 6.28. The Balaban J connectivity index is 1.47. The zero-order valence-corrected chi connectivity index (χ0v) is 19.4. The topological polar surface area (TPSA) is 57.2 Å². The predicted molar refractivity (Wildman–Crippen MR) is 133 cm³/mol. The summed E-state index contributed by atoms with van der Waals surface area (Å²) in [4.78, 5) is 0. The lowest BCUT2D eigenvalue weighted by atomic mass is 9.95. The van der Waals surface area contributed by atoms with Crippen LogP contribution in [-0.2, 0) is 6.61 Å². The number of hydrogen-bond donors (Lipinski definition) is 1. The van der Waals surface area contributed by atoms with Crippen LogP contribution in [-0.4, -0.2) is 30.5 Å². The Morgan fingerprint density at radius 2 is 1.85 bits per heavy atom. The molecule has 2 heterocycles. The van der Waals surface area contributed by atoms with Crippen LogP contribution in [0.4, 0.5) is 0 Å². The molecule has 3 aromatic carbocycles. The molecule has 0 saturated carbocycles. The van der Waals surface area contributed by atoms with Crippen LogP contribution >= 0.6 is 0 Å². The van der Waals surface area contributed by atoms with Gasteiger partial charge in [0, 0.05) is 22.8 Å². The highest BCUT2D eigenvalue weighted by atomic mass is 16.5. The largest absolute Gasteiger partial charge is 0.491 e. The molecule has 0 bridgehead atoms. The van der Waals surface area contributed by atoms with Crippen LogP contribution in [0.15, 0.2) is 66.7 Å². The van der Waals surface area contributed by atoms with Gasteiger partial charge in [-0.3, -0.25) is 0 Å². The van der Waals surface area contributed by atoms with Crippen LogP contribution in [0.1, 0.15) is 36.1 Å². The van der Waals surface area contributed by atoms with E-state index in [0.29, 0.717) is 24.7 Å². The molecule has 0 fully saturated rings. The van der Waals surface area contributed by atoms with E-state index >= 15 is 0 Å². The van der Waals surface area contributed by atoms with Gasteiger partial charge in [0.15, 0.2) is 0 Å². The van der Waals surface area contributed by atoms with E-state index < -0.39 is 0 Å². The zero-order valence-electron chi connectivity index (χ0n) is 19.4. The SMILES string of the molecule is CC1(C)C=Cc2c(ccc3c2OCC(c2ccc(OCCO)cc2OCc2ccccc2)=C3)O1. The monoisotopic (exact) mass is 456 g/mol. The first-order valence-corrected chi connectivity index (χ1v) is 11.5. The van der Waals surface area contributed by atoms with Crippen LogP contribution in [0.25, 0.3) is 17.7 Å². The second-order valence-corrected chi connectivity index (χ2v) is 8.90. The summed E-state index contributed by atoms with van der Waals surface area (Å²) >= 11 is 0. The Kier molecular flexibility index (Phi) is 6.03. The third kappa shape index (κ3) is 4.66. The number of aliphatic hydroxyl groups excluding tert-OH is 1. The summed E-state index contributed by atoms with van der Waals surface area (Å²) in [5.74, 6) is 3.03. The van der Waals surface area contributed by atoms with Crippen molar-refractivity contribution in [3.8, 4) is 23.0 Å². The van der Waals surface area contributed by atoms with Gasteiger partial charge in [0.05, 0.1) is 12.2 Å². The highest BCUT2D eigenvalue weighted by molar-refractivity contribution is 5.90. The van der Waals surface area contributed by atoms with Crippen molar-refractivity contribution in [2.24, 2.45) is 0 Å². The van der Waals surface area contributed by atoms with Crippen LogP contribution in [0.5, 0.6) is 23.0 Å². The molecule has 5 nitrogen and oxygen atoms in total. The first-order chi connectivity index (χ1) is 16.5. The lowest BCUT2D eigenvalue weighted by molar-refractivity contribution is 0.158. The van der Waals surface area contributed by atoms with Crippen LogP contribution < -0.4 is 18.9 Å². The van der Waals surface area contributed by atoms with Crippen molar-refractivity contribution >= 4 is 17.7 Å². The maximum absolute atomic E-state index is 9.12. The van der Waals surface area contributed by atoms with Gasteiger partial charge in [-0.2, -0.15) is 0 Å². The van der Waals surface area contributed by atoms with Gasteiger partial charge in [-0.15, -0.1) is 0 Å². The van der Waals surface area contributed by atoms with Crippen molar-refractivity contribution in [3.05, 3.63) is 89.0 Å². The van der Waals surface area contributed by atoms with Crippen LogP contribution in [0.3, 0.4) is 0 Å². The summed E-state index contributed by atoms with van der Waals surface area (Å²) in [7, 11) is 0. The molecule has 0 unspecified atom stereocenters. The average Bonchev–Trinajstić information content (AvgIpc) is 2.85. The molecule has 0 aliphatic carbocycles. The molecule has 0 amide bonds. The van der Waals surface area contributed by atoms with Gasteiger partial charge in [-0.05, 0) is 61.9 Å². The summed E-state index contributed by atoms with van der Waals surface area (Å²) in [6.45, 7) is 5.11. The van der Waals surface area contributed by atoms with Crippen molar-refractivity contribution in [1.29, 1.82) is 0 Å². The molecule has 0 radical (unpaired) electrons. The molecule has 5 rings (SSSR count). The van der Waals surface area contributed by atoms with Gasteiger partial charge in [-0.25, -0.2) is 0 Å². The molecule has 3 aromatic rings. The molecule has 1 N–H and O–H groups in total. The van der Waals surface area contributed by atoms with Crippen LogP contribution in [0, 0.1) is 0 Å².